The lowest BCUT2D eigenvalue weighted by molar-refractivity contribution is 0.0996. The molecule has 0 saturated carbocycles. The van der Waals surface area contributed by atoms with Gasteiger partial charge in [0.15, 0.2) is 0 Å². The number of amides is 1. The molecule has 0 fully saturated rings. The summed E-state index contributed by atoms with van der Waals surface area (Å²) < 4.78 is 0. The van der Waals surface area contributed by atoms with Crippen molar-refractivity contribution < 1.29 is 4.79 Å². The predicted octanol–water partition coefficient (Wildman–Crippen LogP) is 4.34. The van der Waals surface area contributed by atoms with E-state index in [4.69, 9.17) is 0 Å². The highest BCUT2D eigenvalue weighted by Crippen LogP contribution is 2.32. The van der Waals surface area contributed by atoms with Crippen LogP contribution in [0.2, 0.25) is 0 Å². The van der Waals surface area contributed by atoms with Crippen LogP contribution in [0, 0.1) is 6.92 Å². The van der Waals surface area contributed by atoms with Gasteiger partial charge in [-0.25, -0.2) is 0 Å². The zero-order valence-corrected chi connectivity index (χ0v) is 14.8. The van der Waals surface area contributed by atoms with Crippen molar-refractivity contribution in [3.63, 3.8) is 0 Å². The Morgan fingerprint density at radius 3 is 2.65 bits per heavy atom. The second kappa shape index (κ2) is 6.52. The molecule has 130 valence electrons. The number of pyridine rings is 1. The Morgan fingerprint density at radius 1 is 1.00 bits per heavy atom. The van der Waals surface area contributed by atoms with E-state index in [2.05, 4.69) is 15.6 Å². The Morgan fingerprint density at radius 2 is 1.85 bits per heavy atom. The summed E-state index contributed by atoms with van der Waals surface area (Å²) in [5, 5.41) is 6.46. The highest BCUT2D eigenvalue weighted by molar-refractivity contribution is 6.10. The third kappa shape index (κ3) is 2.99. The molecular weight excluding hydrogens is 324 g/mol. The molecule has 1 aliphatic rings. The Labute approximate surface area is 152 Å². The predicted molar refractivity (Wildman–Crippen MR) is 105 cm³/mol. The average Bonchev–Trinajstić information content (AvgIpc) is 2.98. The summed E-state index contributed by atoms with van der Waals surface area (Å²) >= 11 is 0. The van der Waals surface area contributed by atoms with Gasteiger partial charge in [-0.1, -0.05) is 12.1 Å². The monoisotopic (exact) mass is 344 g/mol. The van der Waals surface area contributed by atoms with E-state index in [0.717, 1.165) is 39.6 Å². The van der Waals surface area contributed by atoms with Crippen molar-refractivity contribution >= 4 is 28.7 Å². The Kier molecular flexibility index (Phi) is 4.05. The van der Waals surface area contributed by atoms with E-state index in [0.29, 0.717) is 6.54 Å². The number of carbonyl (C=O) groups excluding carboxylic acids is 1. The molecule has 1 aliphatic heterocycles. The van der Waals surface area contributed by atoms with Crippen molar-refractivity contribution in [1.29, 1.82) is 0 Å². The minimum absolute atomic E-state index is 0.0304. The highest BCUT2D eigenvalue weighted by atomic mass is 16.2. The van der Waals surface area contributed by atoms with Crippen LogP contribution in [0.1, 0.15) is 21.6 Å². The molecule has 1 amide bonds. The third-order valence-corrected chi connectivity index (χ3v) is 4.55. The van der Waals surface area contributed by atoms with Crippen LogP contribution in [0.25, 0.3) is 0 Å². The zero-order chi connectivity index (χ0) is 18.1. The molecule has 0 bridgehead atoms. The summed E-state index contributed by atoms with van der Waals surface area (Å²) in [6.45, 7) is 2.55. The van der Waals surface area contributed by atoms with Crippen LogP contribution >= 0.6 is 0 Å². The van der Waals surface area contributed by atoms with Crippen LogP contribution in [0.3, 0.4) is 0 Å². The minimum Gasteiger partial charge on any atom is -0.388 e. The fraction of sp³-hybridized carbons (Fsp3) is 0.143. The molecule has 2 aromatic carbocycles. The second-order valence-electron chi connectivity index (χ2n) is 6.37. The topological polar surface area (TPSA) is 57.3 Å². The van der Waals surface area contributed by atoms with Gasteiger partial charge in [0.1, 0.15) is 0 Å². The van der Waals surface area contributed by atoms with E-state index >= 15 is 0 Å². The Balaban J connectivity index is 1.60. The highest BCUT2D eigenvalue weighted by Gasteiger charge is 2.28. The van der Waals surface area contributed by atoms with Crippen LogP contribution in [-0.4, -0.2) is 17.9 Å². The summed E-state index contributed by atoms with van der Waals surface area (Å²) in [4.78, 5) is 18.9. The van der Waals surface area contributed by atoms with E-state index in [9.17, 15) is 4.79 Å². The van der Waals surface area contributed by atoms with Gasteiger partial charge < -0.3 is 15.5 Å². The van der Waals surface area contributed by atoms with Crippen molar-refractivity contribution in [1.82, 2.24) is 4.98 Å². The van der Waals surface area contributed by atoms with E-state index < -0.39 is 0 Å². The fourth-order valence-corrected chi connectivity index (χ4v) is 3.21. The number of hydrogen-bond acceptors (Lipinski definition) is 4. The normalized spacial score (nSPS) is 12.8. The van der Waals surface area contributed by atoms with Gasteiger partial charge in [-0.05, 0) is 55.0 Å². The SMILES string of the molecule is CNc1cccc(N2Cc3ccc(Nc4ccnc(C)c4)cc3C2=O)c1. The van der Waals surface area contributed by atoms with Crippen molar-refractivity contribution in [3.05, 3.63) is 77.6 Å². The Hall–Kier alpha value is -3.34. The van der Waals surface area contributed by atoms with E-state index in [1.165, 1.54) is 0 Å². The van der Waals surface area contributed by atoms with Gasteiger partial charge in [-0.2, -0.15) is 0 Å². The first-order valence-corrected chi connectivity index (χ1v) is 8.56. The summed E-state index contributed by atoms with van der Waals surface area (Å²) in [6.07, 6.45) is 1.77. The van der Waals surface area contributed by atoms with Crippen molar-refractivity contribution in [2.24, 2.45) is 0 Å². The molecule has 0 unspecified atom stereocenters. The first kappa shape index (κ1) is 16.1. The second-order valence-corrected chi connectivity index (χ2v) is 6.37. The number of nitrogens with one attached hydrogen (secondary N) is 2. The number of carbonyl (C=O) groups is 1. The Bertz CT molecular complexity index is 983. The van der Waals surface area contributed by atoms with Gasteiger partial charge in [0.25, 0.3) is 5.91 Å². The molecule has 0 radical (unpaired) electrons. The molecule has 5 heteroatoms. The van der Waals surface area contributed by atoms with Crippen LogP contribution in [0.4, 0.5) is 22.7 Å². The van der Waals surface area contributed by atoms with E-state index in [-0.39, 0.29) is 5.91 Å². The number of aromatic nitrogens is 1. The van der Waals surface area contributed by atoms with Crippen LogP contribution in [-0.2, 0) is 6.54 Å². The van der Waals surface area contributed by atoms with Gasteiger partial charge >= 0.3 is 0 Å². The van der Waals surface area contributed by atoms with Crippen LogP contribution < -0.4 is 15.5 Å². The lowest BCUT2D eigenvalue weighted by Gasteiger charge is -2.16. The first-order chi connectivity index (χ1) is 12.6. The van der Waals surface area contributed by atoms with Gasteiger partial charge in [0.2, 0.25) is 0 Å². The standard InChI is InChI=1S/C21H20N4O/c1-14-10-18(8-9-23-14)24-17-7-6-15-13-25(21(26)20(15)12-17)19-5-3-4-16(11-19)22-2/h3-12,22H,13H2,1-2H3,(H,23,24). The maximum absolute atomic E-state index is 12.9. The summed E-state index contributed by atoms with van der Waals surface area (Å²) in [6, 6.07) is 17.7. The maximum Gasteiger partial charge on any atom is 0.259 e. The van der Waals surface area contributed by atoms with Gasteiger partial charge in [0, 0.05) is 47.3 Å². The van der Waals surface area contributed by atoms with Crippen molar-refractivity contribution in [2.45, 2.75) is 13.5 Å². The molecule has 2 heterocycles. The number of anilines is 4. The zero-order valence-electron chi connectivity index (χ0n) is 14.8. The number of aryl methyl sites for hydroxylation is 1. The fourth-order valence-electron chi connectivity index (χ4n) is 3.21. The minimum atomic E-state index is 0.0304. The van der Waals surface area contributed by atoms with Crippen LogP contribution in [0.5, 0.6) is 0 Å². The molecule has 0 aliphatic carbocycles. The lowest BCUT2D eigenvalue weighted by Crippen LogP contribution is -2.22. The number of rotatable bonds is 4. The van der Waals surface area contributed by atoms with E-state index in [1.54, 1.807) is 6.20 Å². The summed E-state index contributed by atoms with van der Waals surface area (Å²) in [7, 11) is 1.87. The van der Waals surface area contributed by atoms with E-state index in [1.807, 2.05) is 73.5 Å². The van der Waals surface area contributed by atoms with Crippen molar-refractivity contribution in [3.8, 4) is 0 Å². The first-order valence-electron chi connectivity index (χ1n) is 8.56. The molecule has 2 N–H and O–H groups in total. The van der Waals surface area contributed by atoms with Gasteiger partial charge in [-0.3, -0.25) is 9.78 Å². The maximum atomic E-state index is 12.9. The molecule has 0 spiro atoms. The molecule has 26 heavy (non-hydrogen) atoms. The molecule has 5 nitrogen and oxygen atoms in total. The number of hydrogen-bond donors (Lipinski definition) is 2. The van der Waals surface area contributed by atoms with Gasteiger partial charge in [0.05, 0.1) is 6.54 Å². The molecule has 1 aromatic heterocycles. The molecule has 0 saturated heterocycles. The smallest absolute Gasteiger partial charge is 0.259 e. The lowest BCUT2D eigenvalue weighted by atomic mass is 10.1. The molecular formula is C21H20N4O. The third-order valence-electron chi connectivity index (χ3n) is 4.55. The largest absolute Gasteiger partial charge is 0.388 e. The number of benzene rings is 2. The number of nitrogens with zero attached hydrogens (tertiary/aromatic N) is 2. The van der Waals surface area contributed by atoms with Crippen molar-refractivity contribution in [2.75, 3.05) is 22.6 Å². The van der Waals surface area contributed by atoms with Gasteiger partial charge in [-0.15, -0.1) is 0 Å². The average molecular weight is 344 g/mol. The molecule has 4 rings (SSSR count). The summed E-state index contributed by atoms with van der Waals surface area (Å²) in [5.41, 5.74) is 6.48. The molecule has 0 atom stereocenters. The van der Waals surface area contributed by atoms with Crippen LogP contribution in [0.15, 0.2) is 60.8 Å². The number of fused-ring (bicyclic) bond motifs is 1. The quantitative estimate of drug-likeness (QED) is 0.739. The molecule has 3 aromatic rings. The summed E-state index contributed by atoms with van der Waals surface area (Å²) in [5.74, 6) is 0.0304.